The van der Waals surface area contributed by atoms with Crippen molar-refractivity contribution < 1.29 is 4.79 Å². The first-order chi connectivity index (χ1) is 10.8. The predicted molar refractivity (Wildman–Crippen MR) is 96.6 cm³/mol. The van der Waals surface area contributed by atoms with E-state index in [2.05, 4.69) is 58.9 Å². The van der Waals surface area contributed by atoms with Crippen LogP contribution in [0.4, 0.5) is 0 Å². The van der Waals surface area contributed by atoms with Crippen molar-refractivity contribution in [1.29, 1.82) is 0 Å². The molecule has 0 saturated heterocycles. The van der Waals surface area contributed by atoms with Crippen molar-refractivity contribution in [3.8, 4) is 0 Å². The zero-order valence-corrected chi connectivity index (χ0v) is 15.1. The van der Waals surface area contributed by atoms with Gasteiger partial charge in [0.25, 0.3) is 0 Å². The van der Waals surface area contributed by atoms with Crippen molar-refractivity contribution in [2.75, 3.05) is 0 Å². The lowest BCUT2D eigenvalue weighted by Crippen LogP contribution is -2.40. The van der Waals surface area contributed by atoms with Crippen molar-refractivity contribution in [3.05, 3.63) is 58.7 Å². The van der Waals surface area contributed by atoms with Crippen LogP contribution < -0.4 is 0 Å². The number of hydrogen-bond donors (Lipinski definition) is 0. The number of aryl methyl sites for hydroxylation is 2. The fourth-order valence-corrected chi connectivity index (χ4v) is 4.78. The molecular formula is C22H28O. The molecular weight excluding hydrogens is 280 g/mol. The zero-order valence-electron chi connectivity index (χ0n) is 15.1. The number of carbonyl (C=O) groups excluding carboxylic acids is 1. The van der Waals surface area contributed by atoms with Crippen LogP contribution in [0.3, 0.4) is 0 Å². The van der Waals surface area contributed by atoms with Crippen LogP contribution in [-0.4, -0.2) is 5.78 Å². The zero-order chi connectivity index (χ0) is 16.8. The van der Waals surface area contributed by atoms with Gasteiger partial charge >= 0.3 is 0 Å². The van der Waals surface area contributed by atoms with Crippen LogP contribution in [0.25, 0.3) is 0 Å². The summed E-state index contributed by atoms with van der Waals surface area (Å²) in [7, 11) is 0. The van der Waals surface area contributed by atoms with Gasteiger partial charge in [-0.1, -0.05) is 63.1 Å². The number of hydrogen-bond acceptors (Lipinski definition) is 1. The van der Waals surface area contributed by atoms with Crippen molar-refractivity contribution in [1.82, 2.24) is 0 Å². The Morgan fingerprint density at radius 1 is 1.04 bits per heavy atom. The van der Waals surface area contributed by atoms with E-state index in [9.17, 15) is 4.79 Å². The molecule has 1 aromatic carbocycles. The fraction of sp³-hybridized carbons (Fsp3) is 0.500. The summed E-state index contributed by atoms with van der Waals surface area (Å²) in [5, 5.41) is 0. The quantitative estimate of drug-likeness (QED) is 0.653. The molecule has 0 spiro atoms. The largest absolute Gasteiger partial charge is 0.294 e. The maximum Gasteiger partial charge on any atom is 0.164 e. The summed E-state index contributed by atoms with van der Waals surface area (Å²) >= 11 is 0. The second-order valence-electron chi connectivity index (χ2n) is 8.27. The SMILES string of the molecule is Cc1ccc([C@@H]2C(=O)C=CC=C3C(C)(C)CCC[C@@]32C)cc1C. The van der Waals surface area contributed by atoms with E-state index in [1.54, 1.807) is 6.08 Å². The molecule has 0 N–H and O–H groups in total. The second-order valence-corrected chi connectivity index (χ2v) is 8.27. The summed E-state index contributed by atoms with van der Waals surface area (Å²) in [6.45, 7) is 11.2. The molecule has 23 heavy (non-hydrogen) atoms. The van der Waals surface area contributed by atoms with Gasteiger partial charge in [0, 0.05) is 5.41 Å². The minimum atomic E-state index is -0.0793. The van der Waals surface area contributed by atoms with E-state index in [4.69, 9.17) is 0 Å². The highest BCUT2D eigenvalue weighted by molar-refractivity contribution is 5.97. The smallest absolute Gasteiger partial charge is 0.164 e. The van der Waals surface area contributed by atoms with Gasteiger partial charge in [0.15, 0.2) is 5.78 Å². The summed E-state index contributed by atoms with van der Waals surface area (Å²) in [6, 6.07) is 6.54. The van der Waals surface area contributed by atoms with Gasteiger partial charge in [-0.2, -0.15) is 0 Å². The minimum Gasteiger partial charge on any atom is -0.294 e. The number of rotatable bonds is 1. The van der Waals surface area contributed by atoms with Crippen LogP contribution in [0.2, 0.25) is 0 Å². The van der Waals surface area contributed by atoms with Gasteiger partial charge in [-0.25, -0.2) is 0 Å². The van der Waals surface area contributed by atoms with E-state index in [1.165, 1.54) is 35.1 Å². The van der Waals surface area contributed by atoms with Crippen LogP contribution in [0, 0.1) is 24.7 Å². The van der Waals surface area contributed by atoms with Gasteiger partial charge in [-0.15, -0.1) is 0 Å². The molecule has 0 heterocycles. The van der Waals surface area contributed by atoms with Gasteiger partial charge in [-0.3, -0.25) is 4.79 Å². The highest BCUT2D eigenvalue weighted by Crippen LogP contribution is 2.58. The fourth-order valence-electron chi connectivity index (χ4n) is 4.78. The summed E-state index contributed by atoms with van der Waals surface area (Å²) < 4.78 is 0. The van der Waals surface area contributed by atoms with Gasteiger partial charge in [0.1, 0.15) is 0 Å². The van der Waals surface area contributed by atoms with Crippen LogP contribution >= 0.6 is 0 Å². The minimum absolute atomic E-state index is 0.0635. The second kappa shape index (κ2) is 5.47. The maximum atomic E-state index is 13.0. The first-order valence-electron chi connectivity index (χ1n) is 8.76. The van der Waals surface area contributed by atoms with Crippen LogP contribution in [0.15, 0.2) is 42.0 Å². The van der Waals surface area contributed by atoms with E-state index >= 15 is 0 Å². The highest BCUT2D eigenvalue weighted by atomic mass is 16.1. The number of ketones is 1. The van der Waals surface area contributed by atoms with E-state index in [0.29, 0.717) is 0 Å². The standard InChI is InChI=1S/C22H28O/c1-15-10-11-17(14-16(15)2)20-18(23)8-6-9-19-21(3,4)12-7-13-22(19,20)5/h6,8-11,14,20H,7,12-13H2,1-5H3/t20-,22+/m1/s1. The molecule has 1 saturated carbocycles. The topological polar surface area (TPSA) is 17.1 Å². The lowest BCUT2D eigenvalue weighted by molar-refractivity contribution is -0.118. The molecule has 2 aliphatic rings. The van der Waals surface area contributed by atoms with E-state index in [0.717, 1.165) is 6.42 Å². The molecule has 3 rings (SSSR count). The Bertz CT molecular complexity index is 705. The van der Waals surface area contributed by atoms with Gasteiger partial charge in [0.2, 0.25) is 0 Å². The lowest BCUT2D eigenvalue weighted by Gasteiger charge is -2.49. The third-order valence-corrected chi connectivity index (χ3v) is 6.15. The molecule has 0 radical (unpaired) electrons. The maximum absolute atomic E-state index is 13.0. The van der Waals surface area contributed by atoms with Crippen molar-refractivity contribution >= 4 is 5.78 Å². The first kappa shape index (κ1) is 16.2. The summed E-state index contributed by atoms with van der Waals surface area (Å²) in [6.07, 6.45) is 9.47. The monoisotopic (exact) mass is 308 g/mol. The Morgan fingerprint density at radius 2 is 1.78 bits per heavy atom. The van der Waals surface area contributed by atoms with Crippen LogP contribution in [0.5, 0.6) is 0 Å². The van der Waals surface area contributed by atoms with Crippen LogP contribution in [-0.2, 0) is 4.79 Å². The summed E-state index contributed by atoms with van der Waals surface area (Å²) in [5.74, 6) is 0.186. The summed E-state index contributed by atoms with van der Waals surface area (Å²) in [4.78, 5) is 13.0. The molecule has 1 fully saturated rings. The Hall–Kier alpha value is -1.63. The highest BCUT2D eigenvalue weighted by Gasteiger charge is 2.49. The average Bonchev–Trinajstić information content (AvgIpc) is 2.58. The normalized spacial score (nSPS) is 29.7. The van der Waals surface area contributed by atoms with E-state index in [1.807, 2.05) is 6.08 Å². The predicted octanol–water partition coefficient (Wildman–Crippen LogP) is 5.67. The van der Waals surface area contributed by atoms with Crippen molar-refractivity contribution in [3.63, 3.8) is 0 Å². The Morgan fingerprint density at radius 3 is 2.48 bits per heavy atom. The number of carbonyl (C=O) groups is 1. The molecule has 0 amide bonds. The lowest BCUT2D eigenvalue weighted by atomic mass is 9.54. The molecule has 0 bridgehead atoms. The van der Waals surface area contributed by atoms with Gasteiger partial charge < -0.3 is 0 Å². The summed E-state index contributed by atoms with van der Waals surface area (Å²) in [5.41, 5.74) is 5.27. The number of allylic oxidation sites excluding steroid dienone is 4. The van der Waals surface area contributed by atoms with Gasteiger partial charge in [-0.05, 0) is 54.9 Å². The molecule has 0 aromatic heterocycles. The first-order valence-corrected chi connectivity index (χ1v) is 8.76. The molecule has 1 nitrogen and oxygen atoms in total. The van der Waals surface area contributed by atoms with E-state index in [-0.39, 0.29) is 22.5 Å². The average molecular weight is 308 g/mol. The molecule has 2 atom stereocenters. The molecule has 122 valence electrons. The molecule has 1 aromatic rings. The van der Waals surface area contributed by atoms with Gasteiger partial charge in [0.05, 0.1) is 5.92 Å². The Labute approximate surface area is 140 Å². The Balaban J connectivity index is 2.17. The third-order valence-electron chi connectivity index (χ3n) is 6.15. The molecule has 0 aliphatic heterocycles. The van der Waals surface area contributed by atoms with Crippen molar-refractivity contribution in [2.24, 2.45) is 10.8 Å². The molecule has 2 aliphatic carbocycles. The van der Waals surface area contributed by atoms with E-state index < -0.39 is 0 Å². The number of benzene rings is 1. The molecule has 1 heteroatoms. The van der Waals surface area contributed by atoms with Crippen molar-refractivity contribution in [2.45, 2.75) is 59.8 Å². The number of fused-ring (bicyclic) bond motifs is 1. The third kappa shape index (κ3) is 2.60. The Kier molecular flexibility index (Phi) is 3.86. The van der Waals surface area contributed by atoms with Crippen LogP contribution in [0.1, 0.15) is 62.6 Å². The molecule has 0 unspecified atom stereocenters.